The molecule has 2 aromatic heterocycles. The molecule has 6 nitrogen and oxygen atoms in total. The van der Waals surface area contributed by atoms with Crippen molar-refractivity contribution < 1.29 is 9.53 Å². The lowest BCUT2D eigenvalue weighted by Crippen LogP contribution is -2.16. The molecule has 8 heteroatoms. The molecule has 0 aliphatic rings. The van der Waals surface area contributed by atoms with Crippen LogP contribution >= 0.6 is 22.9 Å². The number of nitrogens with zero attached hydrogens (tertiary/aromatic N) is 3. The smallest absolute Gasteiger partial charge is 0.338 e. The van der Waals surface area contributed by atoms with Gasteiger partial charge in [-0.15, -0.1) is 0 Å². The summed E-state index contributed by atoms with van der Waals surface area (Å²) in [4.78, 5) is 29.0. The van der Waals surface area contributed by atoms with Gasteiger partial charge in [0.1, 0.15) is 11.6 Å². The van der Waals surface area contributed by atoms with Gasteiger partial charge >= 0.3 is 5.97 Å². The molecule has 0 saturated heterocycles. The number of rotatable bonds is 6. The Morgan fingerprint density at radius 2 is 2.08 bits per heavy atom. The number of unbranched alkanes of at least 4 members (excludes halogenated alkanes) is 1. The van der Waals surface area contributed by atoms with Gasteiger partial charge in [0.2, 0.25) is 4.96 Å². The second kappa shape index (κ2) is 7.76. The van der Waals surface area contributed by atoms with Crippen LogP contribution in [0, 0.1) is 0 Å². The van der Waals surface area contributed by atoms with Crippen LogP contribution in [-0.2, 0) is 17.8 Å². The predicted molar refractivity (Wildman–Crippen MR) is 96.3 cm³/mol. The normalized spacial score (nSPS) is 11.0. The van der Waals surface area contributed by atoms with Crippen molar-refractivity contribution in [2.24, 2.45) is 0 Å². The van der Waals surface area contributed by atoms with E-state index in [2.05, 4.69) is 17.0 Å². The molecule has 130 valence electrons. The number of esters is 1. The highest BCUT2D eigenvalue weighted by atomic mass is 35.5. The van der Waals surface area contributed by atoms with E-state index in [0.29, 0.717) is 21.2 Å². The minimum Gasteiger partial charge on any atom is -0.456 e. The summed E-state index contributed by atoms with van der Waals surface area (Å²) in [5, 5.41) is 5.70. The van der Waals surface area contributed by atoms with Crippen molar-refractivity contribution in [2.45, 2.75) is 32.8 Å². The Bertz CT molecular complexity index is 950. The number of carbonyl (C=O) groups is 1. The van der Waals surface area contributed by atoms with Crippen LogP contribution < -0.4 is 5.56 Å². The predicted octanol–water partition coefficient (Wildman–Crippen LogP) is 3.50. The topological polar surface area (TPSA) is 73.6 Å². The maximum atomic E-state index is 12.2. The van der Waals surface area contributed by atoms with Crippen LogP contribution in [0.1, 0.15) is 40.8 Å². The SMILES string of the molecule is CCCCc1nn2c(=O)cc(COC(=O)c3ccc(Cl)cc3)nc2s1. The highest BCUT2D eigenvalue weighted by Crippen LogP contribution is 2.15. The van der Waals surface area contributed by atoms with E-state index in [9.17, 15) is 9.59 Å². The van der Waals surface area contributed by atoms with Gasteiger partial charge in [-0.2, -0.15) is 9.61 Å². The van der Waals surface area contributed by atoms with Crippen molar-refractivity contribution in [3.8, 4) is 0 Å². The standard InChI is InChI=1S/C17H16ClN3O3S/c1-2-3-4-14-20-21-15(22)9-13(19-17(21)25-14)10-24-16(23)11-5-7-12(18)8-6-11/h5-9H,2-4,10H2,1H3. The molecule has 0 atom stereocenters. The van der Waals surface area contributed by atoms with Crippen LogP contribution in [-0.4, -0.2) is 20.6 Å². The third-order valence-corrected chi connectivity index (χ3v) is 4.74. The first-order valence-corrected chi connectivity index (χ1v) is 9.07. The number of aromatic nitrogens is 3. The Morgan fingerprint density at radius 3 is 2.80 bits per heavy atom. The van der Waals surface area contributed by atoms with Gasteiger partial charge in [0, 0.05) is 17.5 Å². The van der Waals surface area contributed by atoms with Crippen molar-refractivity contribution in [2.75, 3.05) is 0 Å². The van der Waals surface area contributed by atoms with Crippen molar-refractivity contribution in [1.29, 1.82) is 0 Å². The van der Waals surface area contributed by atoms with Gasteiger partial charge < -0.3 is 4.74 Å². The summed E-state index contributed by atoms with van der Waals surface area (Å²) < 4.78 is 6.51. The first-order chi connectivity index (χ1) is 12.1. The molecular weight excluding hydrogens is 362 g/mol. The molecule has 0 radical (unpaired) electrons. The summed E-state index contributed by atoms with van der Waals surface area (Å²) in [6, 6.07) is 7.73. The number of hydrogen-bond acceptors (Lipinski definition) is 6. The summed E-state index contributed by atoms with van der Waals surface area (Å²) in [6.07, 6.45) is 2.90. The van der Waals surface area contributed by atoms with E-state index in [4.69, 9.17) is 16.3 Å². The van der Waals surface area contributed by atoms with Crippen LogP contribution in [0.4, 0.5) is 0 Å². The molecule has 0 unspecified atom stereocenters. The Labute approximate surface area is 153 Å². The van der Waals surface area contributed by atoms with Crippen LogP contribution in [0.2, 0.25) is 5.02 Å². The molecule has 0 fully saturated rings. The van der Waals surface area contributed by atoms with E-state index in [1.807, 2.05) is 0 Å². The molecular formula is C17H16ClN3O3S. The van der Waals surface area contributed by atoms with Crippen molar-refractivity contribution in [3.63, 3.8) is 0 Å². The average Bonchev–Trinajstić information content (AvgIpc) is 3.02. The summed E-state index contributed by atoms with van der Waals surface area (Å²) >= 11 is 7.18. The van der Waals surface area contributed by atoms with Gasteiger partial charge in [0.15, 0.2) is 0 Å². The van der Waals surface area contributed by atoms with Crippen LogP contribution in [0.3, 0.4) is 0 Å². The number of carbonyl (C=O) groups excluding carboxylic acids is 1. The van der Waals surface area contributed by atoms with Crippen LogP contribution in [0.15, 0.2) is 35.1 Å². The fourth-order valence-electron chi connectivity index (χ4n) is 2.21. The summed E-state index contributed by atoms with van der Waals surface area (Å²) in [5.41, 5.74) is 0.515. The Kier molecular flexibility index (Phi) is 5.45. The molecule has 2 heterocycles. The average molecular weight is 378 g/mol. The number of halogens is 1. The summed E-state index contributed by atoms with van der Waals surface area (Å²) in [6.45, 7) is 2.03. The first kappa shape index (κ1) is 17.6. The molecule has 3 aromatic rings. The first-order valence-electron chi connectivity index (χ1n) is 7.88. The lowest BCUT2D eigenvalue weighted by atomic mass is 10.2. The van der Waals surface area contributed by atoms with E-state index >= 15 is 0 Å². The minimum atomic E-state index is -0.494. The van der Waals surface area contributed by atoms with Crippen molar-refractivity contribution >= 4 is 33.9 Å². The molecule has 0 saturated carbocycles. The lowest BCUT2D eigenvalue weighted by molar-refractivity contribution is 0.0468. The van der Waals surface area contributed by atoms with E-state index in [0.717, 1.165) is 24.3 Å². The zero-order valence-corrected chi connectivity index (χ0v) is 15.1. The molecule has 0 aliphatic heterocycles. The fourth-order valence-corrected chi connectivity index (χ4v) is 3.29. The zero-order chi connectivity index (χ0) is 17.8. The number of fused-ring (bicyclic) bond motifs is 1. The zero-order valence-electron chi connectivity index (χ0n) is 13.6. The fraction of sp³-hybridized carbons (Fsp3) is 0.294. The van der Waals surface area contributed by atoms with Gasteiger partial charge in [-0.05, 0) is 30.7 Å². The monoisotopic (exact) mass is 377 g/mol. The summed E-state index contributed by atoms with van der Waals surface area (Å²) in [5.74, 6) is -0.494. The second-order valence-electron chi connectivity index (χ2n) is 5.46. The molecule has 1 aromatic carbocycles. The highest BCUT2D eigenvalue weighted by molar-refractivity contribution is 7.16. The maximum Gasteiger partial charge on any atom is 0.338 e. The third kappa shape index (κ3) is 4.24. The number of benzene rings is 1. The van der Waals surface area contributed by atoms with Crippen LogP contribution in [0.25, 0.3) is 4.96 Å². The lowest BCUT2D eigenvalue weighted by Gasteiger charge is -2.04. The maximum absolute atomic E-state index is 12.2. The molecule has 0 N–H and O–H groups in total. The number of ether oxygens (including phenoxy) is 1. The minimum absolute atomic E-state index is 0.0740. The quantitative estimate of drug-likeness (QED) is 0.614. The van der Waals surface area contributed by atoms with Gasteiger partial charge in [-0.1, -0.05) is 36.3 Å². The van der Waals surface area contributed by atoms with Crippen LogP contribution in [0.5, 0.6) is 0 Å². The Balaban J connectivity index is 1.74. The molecule has 0 spiro atoms. The molecule has 0 aliphatic carbocycles. The van der Waals surface area contributed by atoms with Gasteiger partial charge in [0.05, 0.1) is 11.3 Å². The Morgan fingerprint density at radius 1 is 1.32 bits per heavy atom. The van der Waals surface area contributed by atoms with Gasteiger partial charge in [-0.25, -0.2) is 9.78 Å². The molecule has 0 bridgehead atoms. The van der Waals surface area contributed by atoms with E-state index in [1.54, 1.807) is 24.3 Å². The van der Waals surface area contributed by atoms with Gasteiger partial charge in [-0.3, -0.25) is 4.79 Å². The largest absolute Gasteiger partial charge is 0.456 e. The molecule has 3 rings (SSSR count). The van der Waals surface area contributed by atoms with Gasteiger partial charge in [0.25, 0.3) is 5.56 Å². The second-order valence-corrected chi connectivity index (χ2v) is 6.94. The third-order valence-electron chi connectivity index (χ3n) is 3.52. The van der Waals surface area contributed by atoms with E-state index in [1.165, 1.54) is 21.9 Å². The van der Waals surface area contributed by atoms with Crippen molar-refractivity contribution in [1.82, 2.24) is 14.6 Å². The molecule has 0 amide bonds. The Hall–Kier alpha value is -2.25. The van der Waals surface area contributed by atoms with E-state index < -0.39 is 5.97 Å². The van der Waals surface area contributed by atoms with Crippen molar-refractivity contribution in [3.05, 3.63) is 62.0 Å². The number of aryl methyl sites for hydroxylation is 1. The number of hydrogen-bond donors (Lipinski definition) is 0. The molecule has 25 heavy (non-hydrogen) atoms. The summed E-state index contributed by atoms with van der Waals surface area (Å²) in [7, 11) is 0. The highest BCUT2D eigenvalue weighted by Gasteiger charge is 2.11. The van der Waals surface area contributed by atoms with E-state index in [-0.39, 0.29) is 12.2 Å².